The van der Waals surface area contributed by atoms with Gasteiger partial charge in [0.05, 0.1) is 36.9 Å². The molecule has 0 radical (unpaired) electrons. The molecule has 3 N–H and O–H groups in total. The van der Waals surface area contributed by atoms with Gasteiger partial charge in [-0.3, -0.25) is 14.7 Å². The molecule has 2 aliphatic rings. The Labute approximate surface area is 173 Å². The summed E-state index contributed by atoms with van der Waals surface area (Å²) in [5, 5.41) is 2.61. The van der Waals surface area contributed by atoms with E-state index >= 15 is 0 Å². The van der Waals surface area contributed by atoms with E-state index in [1.54, 1.807) is 30.1 Å². The summed E-state index contributed by atoms with van der Waals surface area (Å²) in [4.78, 5) is 30.6. The van der Waals surface area contributed by atoms with Gasteiger partial charge in [0.25, 0.3) is 0 Å². The van der Waals surface area contributed by atoms with Crippen molar-refractivity contribution in [3.05, 3.63) is 35.3 Å². The topological polar surface area (TPSA) is 100 Å². The molecule has 1 saturated heterocycles. The lowest BCUT2D eigenvalue weighted by Crippen LogP contribution is -2.33. The molecule has 0 unspecified atom stereocenters. The van der Waals surface area contributed by atoms with Crippen molar-refractivity contribution in [3.63, 3.8) is 0 Å². The number of carbonyl (C=O) groups is 2. The van der Waals surface area contributed by atoms with Crippen LogP contribution in [0.5, 0.6) is 0 Å². The van der Waals surface area contributed by atoms with Gasteiger partial charge < -0.3 is 20.7 Å². The predicted molar refractivity (Wildman–Crippen MR) is 113 cm³/mol. The Morgan fingerprint density at radius 3 is 2.97 bits per heavy atom. The van der Waals surface area contributed by atoms with E-state index in [4.69, 9.17) is 10.5 Å². The summed E-state index contributed by atoms with van der Waals surface area (Å²) >= 11 is 1.61. The molecule has 3 rings (SSSR count). The standard InChI is InChI=1S/C19H24FN5O3S/c1-12(26)23-7-15-9-25(19(27)28-15)14-3-4-18(16(20)5-14)24-8-13(17(21)10-24)6-22-11-29-2/h3-6,15H,7-11,21H2,1-2H3,(H,23,26)/t15-/m0/s1. The zero-order chi connectivity index (χ0) is 21.0. The molecule has 156 valence electrons. The summed E-state index contributed by atoms with van der Waals surface area (Å²) in [5.41, 5.74) is 8.44. The zero-order valence-corrected chi connectivity index (χ0v) is 17.2. The number of thioether (sulfide) groups is 1. The van der Waals surface area contributed by atoms with Gasteiger partial charge in [-0.25, -0.2) is 9.18 Å². The van der Waals surface area contributed by atoms with E-state index in [2.05, 4.69) is 10.3 Å². The number of anilines is 2. The maximum Gasteiger partial charge on any atom is 0.414 e. The number of carbonyl (C=O) groups excluding carboxylic acids is 2. The molecule has 10 heteroatoms. The van der Waals surface area contributed by atoms with Crippen molar-refractivity contribution in [1.29, 1.82) is 0 Å². The van der Waals surface area contributed by atoms with Gasteiger partial charge in [0.1, 0.15) is 11.9 Å². The fourth-order valence-electron chi connectivity index (χ4n) is 3.20. The van der Waals surface area contributed by atoms with E-state index < -0.39 is 18.0 Å². The highest BCUT2D eigenvalue weighted by Crippen LogP contribution is 2.30. The first kappa shape index (κ1) is 21.0. The second kappa shape index (κ2) is 9.17. The van der Waals surface area contributed by atoms with Gasteiger partial charge in [0.15, 0.2) is 0 Å². The summed E-state index contributed by atoms with van der Waals surface area (Å²) in [7, 11) is 0. The Kier molecular flexibility index (Phi) is 6.63. The van der Waals surface area contributed by atoms with Crippen LogP contribution in [0.2, 0.25) is 0 Å². The number of halogens is 1. The van der Waals surface area contributed by atoms with Gasteiger partial charge in [-0.05, 0) is 24.5 Å². The van der Waals surface area contributed by atoms with E-state index in [1.807, 2.05) is 11.2 Å². The summed E-state index contributed by atoms with van der Waals surface area (Å²) in [6.07, 6.45) is 2.67. The highest BCUT2D eigenvalue weighted by atomic mass is 32.2. The molecule has 1 fully saturated rings. The number of hydrogen-bond acceptors (Lipinski definition) is 7. The minimum absolute atomic E-state index is 0.203. The second-order valence-electron chi connectivity index (χ2n) is 6.83. The quantitative estimate of drug-likeness (QED) is 0.650. The van der Waals surface area contributed by atoms with Crippen LogP contribution in [0.25, 0.3) is 0 Å². The number of amides is 2. The summed E-state index contributed by atoms with van der Waals surface area (Å²) in [5.74, 6) is -0.00343. The Balaban J connectivity index is 1.67. The first-order chi connectivity index (χ1) is 13.9. The van der Waals surface area contributed by atoms with Crippen LogP contribution in [0.1, 0.15) is 6.92 Å². The maximum absolute atomic E-state index is 14.8. The van der Waals surface area contributed by atoms with Crippen LogP contribution in [0.4, 0.5) is 20.6 Å². The van der Waals surface area contributed by atoms with Crippen molar-refractivity contribution in [3.8, 4) is 0 Å². The Morgan fingerprint density at radius 2 is 2.28 bits per heavy atom. The SMILES string of the molecule is CSCN=CC1=C(N)CN(c2ccc(N3C[C@H](CNC(C)=O)OC3=O)cc2F)C1. The number of cyclic esters (lactones) is 1. The molecule has 0 bridgehead atoms. The van der Waals surface area contributed by atoms with Crippen LogP contribution in [-0.2, 0) is 9.53 Å². The summed E-state index contributed by atoms with van der Waals surface area (Å²) in [6.45, 7) is 2.75. The lowest BCUT2D eigenvalue weighted by Gasteiger charge is -2.21. The molecule has 2 aliphatic heterocycles. The molecule has 1 atom stereocenters. The fraction of sp³-hybridized carbons (Fsp3) is 0.421. The number of rotatable bonds is 7. The van der Waals surface area contributed by atoms with Crippen molar-refractivity contribution in [2.45, 2.75) is 13.0 Å². The van der Waals surface area contributed by atoms with E-state index in [1.165, 1.54) is 17.9 Å². The van der Waals surface area contributed by atoms with Crippen LogP contribution in [0.15, 0.2) is 34.5 Å². The molecular weight excluding hydrogens is 397 g/mol. The van der Waals surface area contributed by atoms with Crippen molar-refractivity contribution in [1.82, 2.24) is 5.32 Å². The first-order valence-corrected chi connectivity index (χ1v) is 10.5. The molecule has 2 heterocycles. The van der Waals surface area contributed by atoms with Crippen LogP contribution in [0, 0.1) is 5.82 Å². The molecule has 29 heavy (non-hydrogen) atoms. The molecular formula is C19H24FN5O3S. The van der Waals surface area contributed by atoms with Gasteiger partial charge >= 0.3 is 6.09 Å². The van der Waals surface area contributed by atoms with Gasteiger partial charge in [-0.1, -0.05) is 0 Å². The third kappa shape index (κ3) is 5.00. The average Bonchev–Trinajstić information content (AvgIpc) is 3.23. The smallest absolute Gasteiger partial charge is 0.414 e. The monoisotopic (exact) mass is 421 g/mol. The normalized spacial score (nSPS) is 19.4. The second-order valence-corrected chi connectivity index (χ2v) is 7.66. The van der Waals surface area contributed by atoms with Crippen LogP contribution >= 0.6 is 11.8 Å². The fourth-order valence-corrected chi connectivity index (χ4v) is 3.43. The van der Waals surface area contributed by atoms with Crippen LogP contribution in [-0.4, -0.2) is 62.6 Å². The molecule has 0 aliphatic carbocycles. The highest BCUT2D eigenvalue weighted by Gasteiger charge is 2.33. The minimum Gasteiger partial charge on any atom is -0.442 e. The van der Waals surface area contributed by atoms with E-state index in [0.29, 0.717) is 36.0 Å². The number of hydrogen-bond donors (Lipinski definition) is 2. The van der Waals surface area contributed by atoms with E-state index in [-0.39, 0.29) is 19.0 Å². The van der Waals surface area contributed by atoms with Crippen molar-refractivity contribution < 1.29 is 18.7 Å². The Bertz CT molecular complexity index is 860. The number of aliphatic imine (C=N–C) groups is 1. The summed E-state index contributed by atoms with van der Waals surface area (Å²) in [6, 6.07) is 4.62. The number of ether oxygens (including phenoxy) is 1. The minimum atomic E-state index is -0.563. The van der Waals surface area contributed by atoms with Gasteiger partial charge in [-0.2, -0.15) is 0 Å². The van der Waals surface area contributed by atoms with Crippen LogP contribution in [0.3, 0.4) is 0 Å². The number of benzene rings is 1. The molecule has 1 aromatic rings. The lowest BCUT2D eigenvalue weighted by atomic mass is 10.2. The molecule has 1 aromatic carbocycles. The first-order valence-electron chi connectivity index (χ1n) is 9.12. The van der Waals surface area contributed by atoms with E-state index in [9.17, 15) is 14.0 Å². The molecule has 8 nitrogen and oxygen atoms in total. The van der Waals surface area contributed by atoms with Gasteiger partial charge in [-0.15, -0.1) is 11.8 Å². The van der Waals surface area contributed by atoms with E-state index in [0.717, 1.165) is 5.57 Å². The Hall–Kier alpha value is -2.75. The number of nitrogens with one attached hydrogen (secondary N) is 1. The number of nitrogens with two attached hydrogens (primary N) is 1. The molecule has 0 spiro atoms. The van der Waals surface area contributed by atoms with Gasteiger partial charge in [0, 0.05) is 31.0 Å². The maximum atomic E-state index is 14.8. The third-order valence-corrected chi connectivity index (χ3v) is 5.03. The molecule has 0 saturated carbocycles. The largest absolute Gasteiger partial charge is 0.442 e. The molecule has 0 aromatic heterocycles. The van der Waals surface area contributed by atoms with Crippen LogP contribution < -0.4 is 20.9 Å². The molecule has 2 amide bonds. The highest BCUT2D eigenvalue weighted by molar-refractivity contribution is 7.98. The lowest BCUT2D eigenvalue weighted by molar-refractivity contribution is -0.119. The zero-order valence-electron chi connectivity index (χ0n) is 16.4. The average molecular weight is 421 g/mol. The summed E-state index contributed by atoms with van der Waals surface area (Å²) < 4.78 is 20.0. The predicted octanol–water partition coefficient (Wildman–Crippen LogP) is 1.71. The van der Waals surface area contributed by atoms with Crippen molar-refractivity contribution >= 4 is 41.4 Å². The third-order valence-electron chi connectivity index (χ3n) is 4.62. The number of nitrogens with zero attached hydrogens (tertiary/aromatic N) is 3. The Morgan fingerprint density at radius 1 is 1.48 bits per heavy atom. The van der Waals surface area contributed by atoms with Gasteiger partial charge in [0.2, 0.25) is 5.91 Å². The van der Waals surface area contributed by atoms with Crippen molar-refractivity contribution in [2.75, 3.05) is 48.1 Å². The van der Waals surface area contributed by atoms with Crippen molar-refractivity contribution in [2.24, 2.45) is 10.7 Å².